The van der Waals surface area contributed by atoms with Gasteiger partial charge in [0.25, 0.3) is 0 Å². The molecule has 0 bridgehead atoms. The standard InChI is InChI=1S/C22H22O2/c1-14-11-15(2)21(16(3)12-14)22(24)18-8-6-7-17(13-18)19-9-4-5-10-20(19)23/h4-6,8-13,17,23H,7H2,1-3H3. The summed E-state index contributed by atoms with van der Waals surface area (Å²) in [6, 6.07) is 11.4. The van der Waals surface area contributed by atoms with E-state index in [1.807, 2.05) is 69.3 Å². The zero-order valence-corrected chi connectivity index (χ0v) is 14.3. The number of phenolic OH excluding ortho intramolecular Hbond substituents is 1. The van der Waals surface area contributed by atoms with E-state index in [0.717, 1.165) is 28.7 Å². The molecule has 0 amide bonds. The fourth-order valence-corrected chi connectivity index (χ4v) is 3.53. The predicted octanol–water partition coefficient (Wildman–Crippen LogP) is 5.17. The van der Waals surface area contributed by atoms with Gasteiger partial charge in [0.15, 0.2) is 5.78 Å². The fourth-order valence-electron chi connectivity index (χ4n) is 3.53. The Kier molecular flexibility index (Phi) is 4.39. The van der Waals surface area contributed by atoms with Gasteiger partial charge in [-0.1, -0.05) is 54.1 Å². The number of hydrogen-bond acceptors (Lipinski definition) is 2. The van der Waals surface area contributed by atoms with E-state index in [0.29, 0.717) is 5.57 Å². The summed E-state index contributed by atoms with van der Waals surface area (Å²) in [7, 11) is 0. The molecule has 2 aromatic rings. The molecule has 0 radical (unpaired) electrons. The summed E-state index contributed by atoms with van der Waals surface area (Å²) in [4.78, 5) is 13.0. The maximum atomic E-state index is 13.0. The van der Waals surface area contributed by atoms with Crippen LogP contribution in [0.25, 0.3) is 0 Å². The lowest BCUT2D eigenvalue weighted by Crippen LogP contribution is -2.10. The van der Waals surface area contributed by atoms with E-state index in [1.54, 1.807) is 6.07 Å². The highest BCUT2D eigenvalue weighted by atomic mass is 16.3. The molecule has 2 aromatic carbocycles. The number of carbonyl (C=O) groups is 1. The molecule has 0 heterocycles. The van der Waals surface area contributed by atoms with Crippen LogP contribution in [0.3, 0.4) is 0 Å². The average Bonchev–Trinajstić information content (AvgIpc) is 2.54. The van der Waals surface area contributed by atoms with Crippen LogP contribution in [-0.4, -0.2) is 10.9 Å². The van der Waals surface area contributed by atoms with E-state index in [4.69, 9.17) is 0 Å². The largest absolute Gasteiger partial charge is 0.508 e. The van der Waals surface area contributed by atoms with E-state index in [1.165, 1.54) is 5.56 Å². The second-order valence-corrected chi connectivity index (χ2v) is 6.53. The van der Waals surface area contributed by atoms with Gasteiger partial charge in [-0.2, -0.15) is 0 Å². The van der Waals surface area contributed by atoms with E-state index in [2.05, 4.69) is 0 Å². The van der Waals surface area contributed by atoms with Crippen LogP contribution < -0.4 is 0 Å². The highest BCUT2D eigenvalue weighted by Gasteiger charge is 2.21. The van der Waals surface area contributed by atoms with Crippen LogP contribution in [-0.2, 0) is 0 Å². The van der Waals surface area contributed by atoms with E-state index >= 15 is 0 Å². The average molecular weight is 318 g/mol. The number of benzene rings is 2. The number of aromatic hydroxyl groups is 1. The van der Waals surface area contributed by atoms with Crippen molar-refractivity contribution >= 4 is 5.78 Å². The third-order valence-electron chi connectivity index (χ3n) is 4.57. The van der Waals surface area contributed by atoms with Crippen molar-refractivity contribution in [1.82, 2.24) is 0 Å². The van der Waals surface area contributed by atoms with Gasteiger partial charge in [0.2, 0.25) is 0 Å². The molecule has 122 valence electrons. The first-order valence-electron chi connectivity index (χ1n) is 8.26. The lowest BCUT2D eigenvalue weighted by Gasteiger charge is -2.19. The molecule has 2 heteroatoms. The van der Waals surface area contributed by atoms with Crippen molar-refractivity contribution in [3.63, 3.8) is 0 Å². The Labute approximate surface area is 143 Å². The minimum Gasteiger partial charge on any atom is -0.508 e. The van der Waals surface area contributed by atoms with Crippen molar-refractivity contribution in [3.05, 3.63) is 88.0 Å². The first-order valence-corrected chi connectivity index (χ1v) is 8.26. The topological polar surface area (TPSA) is 37.3 Å². The SMILES string of the molecule is Cc1cc(C)c(C(=O)C2=CC(c3ccccc3O)CC=C2)c(C)c1. The summed E-state index contributed by atoms with van der Waals surface area (Å²) >= 11 is 0. The van der Waals surface area contributed by atoms with Crippen LogP contribution in [0, 0.1) is 20.8 Å². The molecule has 24 heavy (non-hydrogen) atoms. The second-order valence-electron chi connectivity index (χ2n) is 6.53. The number of carbonyl (C=O) groups excluding carboxylic acids is 1. The van der Waals surface area contributed by atoms with Gasteiger partial charge in [-0.25, -0.2) is 0 Å². The third kappa shape index (κ3) is 3.05. The number of rotatable bonds is 3. The van der Waals surface area contributed by atoms with Gasteiger partial charge < -0.3 is 5.11 Å². The quantitative estimate of drug-likeness (QED) is 0.793. The van der Waals surface area contributed by atoms with Crippen LogP contribution in [0.4, 0.5) is 0 Å². The molecule has 1 atom stereocenters. The zero-order chi connectivity index (χ0) is 17.3. The van der Waals surface area contributed by atoms with Crippen molar-refractivity contribution in [2.45, 2.75) is 33.1 Å². The van der Waals surface area contributed by atoms with Gasteiger partial charge in [0, 0.05) is 22.6 Å². The van der Waals surface area contributed by atoms with Crippen LogP contribution in [0.15, 0.2) is 60.2 Å². The normalized spacial score (nSPS) is 16.8. The predicted molar refractivity (Wildman–Crippen MR) is 97.7 cm³/mol. The molecule has 2 nitrogen and oxygen atoms in total. The molecule has 0 fully saturated rings. The molecule has 1 aliphatic rings. The molecule has 1 N–H and O–H groups in total. The fraction of sp³-hybridized carbons (Fsp3) is 0.227. The van der Waals surface area contributed by atoms with Gasteiger partial charge in [-0.05, 0) is 44.4 Å². The van der Waals surface area contributed by atoms with Crippen LogP contribution in [0.2, 0.25) is 0 Å². The monoisotopic (exact) mass is 318 g/mol. The number of Topliss-reactive ketones (excluding diaryl/α,β-unsaturated/α-hetero) is 1. The smallest absolute Gasteiger partial charge is 0.193 e. The Morgan fingerprint density at radius 1 is 1.08 bits per heavy atom. The van der Waals surface area contributed by atoms with Crippen LogP contribution in [0.1, 0.15) is 45.0 Å². The highest BCUT2D eigenvalue weighted by Crippen LogP contribution is 2.34. The molecule has 0 aliphatic heterocycles. The summed E-state index contributed by atoms with van der Waals surface area (Å²) in [5, 5.41) is 10.1. The molecule has 0 aromatic heterocycles. The highest BCUT2D eigenvalue weighted by molar-refractivity contribution is 6.12. The Hall–Kier alpha value is -2.61. The Morgan fingerprint density at radius 3 is 2.42 bits per heavy atom. The minimum absolute atomic E-state index is 0.0289. The number of para-hydroxylation sites is 1. The van der Waals surface area contributed by atoms with Crippen molar-refractivity contribution in [1.29, 1.82) is 0 Å². The molecule has 1 unspecified atom stereocenters. The van der Waals surface area contributed by atoms with Gasteiger partial charge in [0.05, 0.1) is 0 Å². The Balaban J connectivity index is 1.99. The summed E-state index contributed by atoms with van der Waals surface area (Å²) in [6.45, 7) is 6.02. The van der Waals surface area contributed by atoms with Crippen molar-refractivity contribution in [2.24, 2.45) is 0 Å². The summed E-state index contributed by atoms with van der Waals surface area (Å²) in [6.07, 6.45) is 6.69. The minimum atomic E-state index is 0.0289. The second kappa shape index (κ2) is 6.48. The van der Waals surface area contributed by atoms with Crippen molar-refractivity contribution in [3.8, 4) is 5.75 Å². The summed E-state index contributed by atoms with van der Waals surface area (Å²) in [5.41, 5.74) is 5.54. The zero-order valence-electron chi connectivity index (χ0n) is 14.3. The Bertz CT molecular complexity index is 833. The number of ketones is 1. The van der Waals surface area contributed by atoms with Gasteiger partial charge in [0.1, 0.15) is 5.75 Å². The lowest BCUT2D eigenvalue weighted by molar-refractivity contribution is 0.103. The first-order chi connectivity index (χ1) is 11.5. The molecule has 0 saturated heterocycles. The number of allylic oxidation sites excluding steroid dienone is 4. The molecule has 0 saturated carbocycles. The number of phenols is 1. The third-order valence-corrected chi connectivity index (χ3v) is 4.57. The molecule has 3 rings (SSSR count). The lowest BCUT2D eigenvalue weighted by atomic mass is 9.85. The van der Waals surface area contributed by atoms with E-state index < -0.39 is 0 Å². The van der Waals surface area contributed by atoms with Gasteiger partial charge in [-0.15, -0.1) is 0 Å². The summed E-state index contributed by atoms with van der Waals surface area (Å²) in [5.74, 6) is 0.367. The number of hydrogen-bond donors (Lipinski definition) is 1. The van der Waals surface area contributed by atoms with Gasteiger partial charge in [-0.3, -0.25) is 4.79 Å². The van der Waals surface area contributed by atoms with E-state index in [9.17, 15) is 9.90 Å². The summed E-state index contributed by atoms with van der Waals surface area (Å²) < 4.78 is 0. The van der Waals surface area contributed by atoms with Crippen LogP contribution >= 0.6 is 0 Å². The van der Waals surface area contributed by atoms with E-state index in [-0.39, 0.29) is 17.5 Å². The van der Waals surface area contributed by atoms with Gasteiger partial charge >= 0.3 is 0 Å². The van der Waals surface area contributed by atoms with Crippen molar-refractivity contribution < 1.29 is 9.90 Å². The molecular formula is C22H22O2. The van der Waals surface area contributed by atoms with Crippen LogP contribution in [0.5, 0.6) is 5.75 Å². The molecule has 0 spiro atoms. The molecule has 1 aliphatic carbocycles. The van der Waals surface area contributed by atoms with Crippen molar-refractivity contribution in [2.75, 3.05) is 0 Å². The first kappa shape index (κ1) is 16.3. The number of aryl methyl sites for hydroxylation is 3. The molecular weight excluding hydrogens is 296 g/mol. The maximum absolute atomic E-state index is 13.0. The Morgan fingerprint density at radius 2 is 1.75 bits per heavy atom. The maximum Gasteiger partial charge on any atom is 0.193 e.